The Morgan fingerprint density at radius 1 is 1.53 bits per heavy atom. The fourth-order valence-electron chi connectivity index (χ4n) is 1.01. The van der Waals surface area contributed by atoms with Crippen LogP contribution in [-0.2, 0) is 4.79 Å². The zero-order chi connectivity index (χ0) is 11.0. The minimum absolute atomic E-state index is 0.241. The van der Waals surface area contributed by atoms with Gasteiger partial charge in [0.25, 0.3) is 5.91 Å². The van der Waals surface area contributed by atoms with Crippen molar-refractivity contribution in [2.75, 3.05) is 0 Å². The van der Waals surface area contributed by atoms with E-state index in [2.05, 4.69) is 15.9 Å². The normalized spacial score (nSPS) is 19.3. The molecule has 1 aliphatic heterocycles. The minimum atomic E-state index is -0.241. The van der Waals surface area contributed by atoms with E-state index < -0.39 is 0 Å². The second-order valence-corrected chi connectivity index (χ2v) is 6.86. The van der Waals surface area contributed by atoms with E-state index in [0.29, 0.717) is 9.23 Å². The molecule has 1 amide bonds. The molecule has 1 aromatic heterocycles. The van der Waals surface area contributed by atoms with Crippen LogP contribution in [0.5, 0.6) is 0 Å². The smallest absolute Gasteiger partial charge is 0.267 e. The predicted octanol–water partition coefficient (Wildman–Crippen LogP) is 2.59. The van der Waals surface area contributed by atoms with Crippen molar-refractivity contribution in [3.05, 3.63) is 25.7 Å². The van der Waals surface area contributed by atoms with Crippen LogP contribution in [0.1, 0.15) is 4.88 Å². The van der Waals surface area contributed by atoms with Crippen molar-refractivity contribution in [1.82, 2.24) is 5.01 Å². The van der Waals surface area contributed by atoms with Gasteiger partial charge in [-0.25, -0.2) is 10.9 Å². The van der Waals surface area contributed by atoms with Crippen LogP contribution < -0.4 is 5.84 Å². The Morgan fingerprint density at radius 2 is 2.27 bits per heavy atom. The number of nitrogens with two attached hydrogens (primary N) is 1. The third-order valence-corrected chi connectivity index (χ3v) is 4.59. The van der Waals surface area contributed by atoms with Gasteiger partial charge < -0.3 is 0 Å². The van der Waals surface area contributed by atoms with Gasteiger partial charge in [-0.15, -0.1) is 11.3 Å². The molecule has 1 fully saturated rings. The molecule has 0 aromatic carbocycles. The fraction of sp³-hybridized carbons (Fsp3) is 0. The highest BCUT2D eigenvalue weighted by Gasteiger charge is 2.29. The van der Waals surface area contributed by atoms with Gasteiger partial charge >= 0.3 is 0 Å². The Balaban J connectivity index is 2.29. The third kappa shape index (κ3) is 2.31. The van der Waals surface area contributed by atoms with Crippen LogP contribution >= 0.6 is 51.2 Å². The number of hydrazine groups is 1. The molecule has 2 N–H and O–H groups in total. The molecular formula is C8H5BrN2OS3. The molecule has 1 saturated heterocycles. The largest absolute Gasteiger partial charge is 0.280 e. The van der Waals surface area contributed by atoms with E-state index in [1.807, 2.05) is 12.1 Å². The van der Waals surface area contributed by atoms with E-state index >= 15 is 0 Å². The summed E-state index contributed by atoms with van der Waals surface area (Å²) in [5.74, 6) is 5.20. The van der Waals surface area contributed by atoms with Gasteiger partial charge in [-0.05, 0) is 34.1 Å². The van der Waals surface area contributed by atoms with E-state index in [-0.39, 0.29) is 5.91 Å². The van der Waals surface area contributed by atoms with E-state index in [1.54, 1.807) is 17.4 Å². The number of halogens is 1. The van der Waals surface area contributed by atoms with Crippen molar-refractivity contribution < 1.29 is 4.79 Å². The number of thiocarbonyl (C=S) groups is 1. The van der Waals surface area contributed by atoms with E-state index in [1.165, 1.54) is 11.8 Å². The van der Waals surface area contributed by atoms with Crippen LogP contribution in [0, 0.1) is 0 Å². The molecule has 0 aliphatic carbocycles. The first-order valence-electron chi connectivity index (χ1n) is 3.86. The Labute approximate surface area is 108 Å². The summed E-state index contributed by atoms with van der Waals surface area (Å²) in [4.78, 5) is 13.1. The highest BCUT2D eigenvalue weighted by Crippen LogP contribution is 2.32. The molecule has 3 nitrogen and oxygen atoms in total. The first-order valence-corrected chi connectivity index (χ1v) is 6.69. The number of hydrogen-bond acceptors (Lipinski definition) is 5. The summed E-state index contributed by atoms with van der Waals surface area (Å²) in [5.41, 5.74) is 0. The lowest BCUT2D eigenvalue weighted by atomic mass is 10.4. The maximum absolute atomic E-state index is 11.5. The van der Waals surface area contributed by atoms with E-state index in [0.717, 1.165) is 13.7 Å². The molecule has 0 unspecified atom stereocenters. The second kappa shape index (κ2) is 4.34. The Hall–Kier alpha value is -0.210. The van der Waals surface area contributed by atoms with Crippen molar-refractivity contribution in [3.63, 3.8) is 0 Å². The SMILES string of the molecule is NN1C(=O)/C(=C/c2ccc(Br)s2)SC1=S. The molecule has 78 valence electrons. The maximum Gasteiger partial charge on any atom is 0.280 e. The van der Waals surface area contributed by atoms with Crippen LogP contribution in [0.2, 0.25) is 0 Å². The van der Waals surface area contributed by atoms with Gasteiger partial charge in [-0.1, -0.05) is 24.0 Å². The minimum Gasteiger partial charge on any atom is -0.267 e. The molecule has 0 saturated carbocycles. The van der Waals surface area contributed by atoms with Gasteiger partial charge in [0, 0.05) is 4.88 Å². The molecular weight excluding hydrogens is 316 g/mol. The van der Waals surface area contributed by atoms with Crippen LogP contribution in [0.4, 0.5) is 0 Å². The van der Waals surface area contributed by atoms with Crippen LogP contribution in [-0.4, -0.2) is 15.2 Å². The lowest BCUT2D eigenvalue weighted by Crippen LogP contribution is -2.34. The monoisotopic (exact) mass is 320 g/mol. The predicted molar refractivity (Wildman–Crippen MR) is 71.2 cm³/mol. The number of nitrogens with zero attached hydrogens (tertiary/aromatic N) is 1. The van der Waals surface area contributed by atoms with Crippen molar-refractivity contribution in [1.29, 1.82) is 0 Å². The van der Waals surface area contributed by atoms with E-state index in [9.17, 15) is 4.79 Å². The highest BCUT2D eigenvalue weighted by molar-refractivity contribution is 9.11. The summed E-state index contributed by atoms with van der Waals surface area (Å²) < 4.78 is 1.42. The van der Waals surface area contributed by atoms with Gasteiger partial charge in [0.15, 0.2) is 4.32 Å². The lowest BCUT2D eigenvalue weighted by Gasteiger charge is -2.02. The summed E-state index contributed by atoms with van der Waals surface area (Å²) >= 11 is 11.0. The molecule has 1 aromatic rings. The lowest BCUT2D eigenvalue weighted by molar-refractivity contribution is -0.122. The van der Waals surface area contributed by atoms with Crippen LogP contribution in [0.3, 0.4) is 0 Å². The van der Waals surface area contributed by atoms with Gasteiger partial charge in [0.05, 0.1) is 8.69 Å². The molecule has 0 atom stereocenters. The number of carbonyl (C=O) groups excluding carboxylic acids is 1. The molecule has 7 heteroatoms. The van der Waals surface area contributed by atoms with Gasteiger partial charge in [0.2, 0.25) is 0 Å². The van der Waals surface area contributed by atoms with Crippen molar-refractivity contribution in [3.8, 4) is 0 Å². The Bertz CT molecular complexity index is 468. The number of thioether (sulfide) groups is 1. The molecule has 15 heavy (non-hydrogen) atoms. The fourth-order valence-corrected chi connectivity index (χ4v) is 3.55. The number of carbonyl (C=O) groups is 1. The van der Waals surface area contributed by atoms with Crippen LogP contribution in [0.15, 0.2) is 20.8 Å². The first-order chi connectivity index (χ1) is 7.08. The average molecular weight is 321 g/mol. The zero-order valence-electron chi connectivity index (χ0n) is 7.27. The first kappa shape index (κ1) is 11.3. The van der Waals surface area contributed by atoms with Gasteiger partial charge in [-0.3, -0.25) is 4.79 Å². The molecule has 0 radical (unpaired) electrons. The number of hydrogen-bond donors (Lipinski definition) is 1. The topological polar surface area (TPSA) is 46.3 Å². The van der Waals surface area contributed by atoms with Crippen molar-refractivity contribution in [2.24, 2.45) is 5.84 Å². The summed E-state index contributed by atoms with van der Waals surface area (Å²) in [6, 6.07) is 3.86. The molecule has 2 heterocycles. The van der Waals surface area contributed by atoms with E-state index in [4.69, 9.17) is 18.1 Å². The zero-order valence-corrected chi connectivity index (χ0v) is 11.3. The molecule has 1 aliphatic rings. The third-order valence-electron chi connectivity index (χ3n) is 1.69. The summed E-state index contributed by atoms with van der Waals surface area (Å²) in [6.07, 6.45) is 1.79. The average Bonchev–Trinajstić information content (AvgIpc) is 2.68. The second-order valence-electron chi connectivity index (χ2n) is 2.69. The number of rotatable bonds is 1. The Kier molecular flexibility index (Phi) is 3.27. The van der Waals surface area contributed by atoms with Crippen molar-refractivity contribution in [2.45, 2.75) is 0 Å². The number of thiophene rings is 1. The molecule has 2 rings (SSSR count). The van der Waals surface area contributed by atoms with Gasteiger partial charge in [-0.2, -0.15) is 0 Å². The maximum atomic E-state index is 11.5. The molecule has 0 bridgehead atoms. The van der Waals surface area contributed by atoms with Crippen LogP contribution in [0.25, 0.3) is 6.08 Å². The summed E-state index contributed by atoms with van der Waals surface area (Å²) in [6.45, 7) is 0. The summed E-state index contributed by atoms with van der Waals surface area (Å²) in [5, 5.41) is 0.995. The Morgan fingerprint density at radius 3 is 2.73 bits per heavy atom. The summed E-state index contributed by atoms with van der Waals surface area (Å²) in [7, 11) is 0. The van der Waals surface area contributed by atoms with Crippen molar-refractivity contribution >= 4 is 67.6 Å². The van der Waals surface area contributed by atoms with Gasteiger partial charge in [0.1, 0.15) is 0 Å². The standard InChI is InChI=1S/C8H5BrN2OS3/c9-6-2-1-4(14-6)3-5-7(12)11(10)8(13)15-5/h1-3H,10H2/b5-3-. The highest BCUT2D eigenvalue weighted by atomic mass is 79.9. The molecule has 0 spiro atoms. The number of amides is 1. The quantitative estimate of drug-likeness (QED) is 0.374.